The molecule has 124 valence electrons. The van der Waals surface area contributed by atoms with E-state index in [4.69, 9.17) is 5.26 Å². The summed E-state index contributed by atoms with van der Waals surface area (Å²) < 4.78 is 38.5. The molecular formula is C16H18F3N3O. The van der Waals surface area contributed by atoms with Crippen molar-refractivity contribution in [3.8, 4) is 6.07 Å². The minimum Gasteiger partial charge on any atom is -0.325 e. The summed E-state index contributed by atoms with van der Waals surface area (Å²) in [6.45, 7) is 1.94. The van der Waals surface area contributed by atoms with Crippen molar-refractivity contribution in [3.63, 3.8) is 0 Å². The Morgan fingerprint density at radius 2 is 2.04 bits per heavy atom. The second kappa shape index (κ2) is 7.01. The molecule has 0 radical (unpaired) electrons. The van der Waals surface area contributed by atoms with Gasteiger partial charge in [0.25, 0.3) is 0 Å². The highest BCUT2D eigenvalue weighted by molar-refractivity contribution is 5.94. The number of nitriles is 1. The van der Waals surface area contributed by atoms with Gasteiger partial charge in [-0.1, -0.05) is 0 Å². The van der Waals surface area contributed by atoms with Crippen LogP contribution in [0.3, 0.4) is 0 Å². The molecule has 1 aliphatic rings. The molecule has 0 bridgehead atoms. The van der Waals surface area contributed by atoms with Crippen molar-refractivity contribution in [2.45, 2.75) is 32.0 Å². The van der Waals surface area contributed by atoms with Crippen LogP contribution in [0.15, 0.2) is 24.3 Å². The first-order valence-corrected chi connectivity index (χ1v) is 7.43. The number of alkyl halides is 3. The lowest BCUT2D eigenvalue weighted by Gasteiger charge is -2.36. The van der Waals surface area contributed by atoms with Gasteiger partial charge in [0.1, 0.15) is 0 Å². The van der Waals surface area contributed by atoms with Crippen molar-refractivity contribution >= 4 is 11.6 Å². The summed E-state index contributed by atoms with van der Waals surface area (Å²) in [6, 6.07) is 7.66. The summed E-state index contributed by atoms with van der Waals surface area (Å²) in [4.78, 5) is 13.8. The predicted molar refractivity (Wildman–Crippen MR) is 79.6 cm³/mol. The fraction of sp³-hybridized carbons (Fsp3) is 0.500. The molecule has 0 saturated carbocycles. The van der Waals surface area contributed by atoms with Gasteiger partial charge in [0.2, 0.25) is 5.91 Å². The Balaban J connectivity index is 1.97. The van der Waals surface area contributed by atoms with Gasteiger partial charge >= 0.3 is 6.18 Å². The second-order valence-corrected chi connectivity index (χ2v) is 5.73. The van der Waals surface area contributed by atoms with Gasteiger partial charge in [-0.2, -0.15) is 18.4 Å². The number of nitrogens with zero attached hydrogens (tertiary/aromatic N) is 2. The van der Waals surface area contributed by atoms with Crippen LogP contribution in [-0.2, 0) is 4.79 Å². The number of nitrogens with one attached hydrogen (secondary N) is 1. The molecule has 23 heavy (non-hydrogen) atoms. The maximum atomic E-state index is 12.8. The Labute approximate surface area is 132 Å². The van der Waals surface area contributed by atoms with Crippen LogP contribution >= 0.6 is 0 Å². The van der Waals surface area contributed by atoms with Gasteiger partial charge in [-0.25, -0.2) is 0 Å². The van der Waals surface area contributed by atoms with Crippen molar-refractivity contribution in [1.82, 2.24) is 4.90 Å². The number of rotatable bonds is 3. The lowest BCUT2D eigenvalue weighted by Crippen LogP contribution is -2.49. The molecule has 0 spiro atoms. The highest BCUT2D eigenvalue weighted by Crippen LogP contribution is 2.33. The molecule has 0 aromatic heterocycles. The minimum absolute atomic E-state index is 0.115. The van der Waals surface area contributed by atoms with Gasteiger partial charge < -0.3 is 5.32 Å². The van der Waals surface area contributed by atoms with E-state index in [0.29, 0.717) is 24.2 Å². The largest absolute Gasteiger partial charge is 0.393 e. The van der Waals surface area contributed by atoms with E-state index in [1.165, 1.54) is 0 Å². The zero-order chi connectivity index (χ0) is 17.0. The number of amides is 1. The third-order valence-corrected chi connectivity index (χ3v) is 4.12. The van der Waals surface area contributed by atoms with Gasteiger partial charge in [0, 0.05) is 12.2 Å². The Bertz CT molecular complexity index is 592. The molecule has 1 aromatic carbocycles. The summed E-state index contributed by atoms with van der Waals surface area (Å²) in [7, 11) is 0. The molecule has 1 N–H and O–H groups in total. The molecule has 0 unspecified atom stereocenters. The van der Waals surface area contributed by atoms with Crippen molar-refractivity contribution in [1.29, 1.82) is 5.26 Å². The van der Waals surface area contributed by atoms with E-state index in [-0.39, 0.29) is 18.9 Å². The van der Waals surface area contributed by atoms with Crippen molar-refractivity contribution in [3.05, 3.63) is 29.8 Å². The normalized spacial score (nSPS) is 20.6. The lowest BCUT2D eigenvalue weighted by molar-refractivity contribution is -0.188. The maximum Gasteiger partial charge on any atom is 0.393 e. The molecule has 1 amide bonds. The number of halogens is 3. The SMILES string of the molecule is C[C@H](C(=O)Nc1ccc(C#N)cc1)N1CCC[C@H](C(F)(F)F)C1. The van der Waals surface area contributed by atoms with Gasteiger partial charge in [0.05, 0.1) is 23.6 Å². The Hall–Kier alpha value is -2.07. The maximum absolute atomic E-state index is 12.8. The van der Waals surface area contributed by atoms with E-state index in [1.807, 2.05) is 6.07 Å². The van der Waals surface area contributed by atoms with Gasteiger partial charge in [-0.05, 0) is 50.6 Å². The molecule has 1 aliphatic heterocycles. The van der Waals surface area contributed by atoms with Crippen molar-refractivity contribution in [2.24, 2.45) is 5.92 Å². The first-order chi connectivity index (χ1) is 10.8. The molecule has 0 aliphatic carbocycles. The first kappa shape index (κ1) is 17.3. The number of hydrogen-bond acceptors (Lipinski definition) is 3. The predicted octanol–water partition coefficient (Wildman–Crippen LogP) is 3.16. The zero-order valence-corrected chi connectivity index (χ0v) is 12.7. The number of piperidine rings is 1. The standard InChI is InChI=1S/C16H18F3N3O/c1-11(22-8-2-3-13(10-22)16(17,18)19)15(23)21-14-6-4-12(9-20)5-7-14/h4-7,11,13H,2-3,8,10H2,1H3,(H,21,23)/t11-,13+/m1/s1. The molecule has 7 heteroatoms. The van der Waals surface area contributed by atoms with Gasteiger partial charge in [0.15, 0.2) is 0 Å². The van der Waals surface area contributed by atoms with Crippen molar-refractivity contribution < 1.29 is 18.0 Å². The number of carbonyl (C=O) groups is 1. The fourth-order valence-corrected chi connectivity index (χ4v) is 2.67. The van der Waals surface area contributed by atoms with E-state index < -0.39 is 18.1 Å². The molecule has 1 fully saturated rings. The summed E-state index contributed by atoms with van der Waals surface area (Å²) >= 11 is 0. The molecule has 2 atom stereocenters. The van der Waals surface area contributed by atoms with E-state index in [1.54, 1.807) is 36.1 Å². The minimum atomic E-state index is -4.22. The summed E-state index contributed by atoms with van der Waals surface area (Å²) in [5.41, 5.74) is 0.991. The molecule has 2 rings (SSSR count). The van der Waals surface area contributed by atoms with E-state index in [0.717, 1.165) is 0 Å². The third kappa shape index (κ3) is 4.45. The van der Waals surface area contributed by atoms with Crippen LogP contribution in [-0.4, -0.2) is 36.1 Å². The molecule has 4 nitrogen and oxygen atoms in total. The first-order valence-electron chi connectivity index (χ1n) is 7.43. The highest BCUT2D eigenvalue weighted by atomic mass is 19.4. The van der Waals surface area contributed by atoms with Crippen LogP contribution in [0, 0.1) is 17.2 Å². The Kier molecular flexibility index (Phi) is 5.26. The quantitative estimate of drug-likeness (QED) is 0.929. The van der Waals surface area contributed by atoms with Crippen LogP contribution in [0.1, 0.15) is 25.3 Å². The Morgan fingerprint density at radius 3 is 2.61 bits per heavy atom. The summed E-state index contributed by atoms with van der Waals surface area (Å²) in [5.74, 6) is -1.72. The van der Waals surface area contributed by atoms with Gasteiger partial charge in [-0.15, -0.1) is 0 Å². The molecule has 1 aromatic rings. The van der Waals surface area contributed by atoms with Crippen LogP contribution in [0.25, 0.3) is 0 Å². The number of likely N-dealkylation sites (tertiary alicyclic amines) is 1. The fourth-order valence-electron chi connectivity index (χ4n) is 2.67. The van der Waals surface area contributed by atoms with E-state index >= 15 is 0 Å². The number of anilines is 1. The highest BCUT2D eigenvalue weighted by Gasteiger charge is 2.43. The third-order valence-electron chi connectivity index (χ3n) is 4.12. The summed E-state index contributed by atoms with van der Waals surface area (Å²) in [6.07, 6.45) is -3.68. The zero-order valence-electron chi connectivity index (χ0n) is 12.7. The van der Waals surface area contributed by atoms with Crippen LogP contribution in [0.2, 0.25) is 0 Å². The van der Waals surface area contributed by atoms with Crippen molar-refractivity contribution in [2.75, 3.05) is 18.4 Å². The van der Waals surface area contributed by atoms with Crippen LogP contribution < -0.4 is 5.32 Å². The molecule has 1 saturated heterocycles. The van der Waals surface area contributed by atoms with Crippen LogP contribution in [0.5, 0.6) is 0 Å². The second-order valence-electron chi connectivity index (χ2n) is 5.73. The van der Waals surface area contributed by atoms with E-state index in [2.05, 4.69) is 5.32 Å². The van der Waals surface area contributed by atoms with E-state index in [9.17, 15) is 18.0 Å². The monoisotopic (exact) mass is 325 g/mol. The summed E-state index contributed by atoms with van der Waals surface area (Å²) in [5, 5.41) is 11.4. The van der Waals surface area contributed by atoms with Gasteiger partial charge in [-0.3, -0.25) is 9.69 Å². The number of hydrogen-bond donors (Lipinski definition) is 1. The Morgan fingerprint density at radius 1 is 1.39 bits per heavy atom. The number of benzene rings is 1. The topological polar surface area (TPSA) is 56.1 Å². The lowest BCUT2D eigenvalue weighted by atomic mass is 9.96. The molecular weight excluding hydrogens is 307 g/mol. The number of carbonyl (C=O) groups excluding carboxylic acids is 1. The smallest absolute Gasteiger partial charge is 0.325 e. The average molecular weight is 325 g/mol. The van der Waals surface area contributed by atoms with Crippen LogP contribution in [0.4, 0.5) is 18.9 Å². The average Bonchev–Trinajstić information content (AvgIpc) is 2.54. The molecule has 1 heterocycles.